The quantitative estimate of drug-likeness (QED) is 0.495. The highest BCUT2D eigenvalue weighted by Crippen LogP contribution is 2.32. The van der Waals surface area contributed by atoms with Crippen molar-refractivity contribution in [3.05, 3.63) is 65.2 Å². The van der Waals surface area contributed by atoms with E-state index in [0.717, 1.165) is 46.7 Å². The van der Waals surface area contributed by atoms with Crippen LogP contribution in [0.4, 0.5) is 0 Å². The minimum Gasteiger partial charge on any atom is -0.454 e. The molecule has 0 atom stereocenters. The molecule has 4 rings (SSSR count). The minimum absolute atomic E-state index is 0.302. The first-order chi connectivity index (χ1) is 13.8. The van der Waals surface area contributed by atoms with Crippen LogP contribution in [0.1, 0.15) is 11.3 Å². The van der Waals surface area contributed by atoms with Crippen LogP contribution < -0.4 is 20.1 Å². The summed E-state index contributed by atoms with van der Waals surface area (Å²) in [4.78, 5) is 8.98. The maximum absolute atomic E-state index is 5.42. The van der Waals surface area contributed by atoms with Crippen molar-refractivity contribution in [2.75, 3.05) is 20.4 Å². The molecule has 6 nitrogen and oxygen atoms in total. The van der Waals surface area contributed by atoms with E-state index >= 15 is 0 Å². The molecule has 2 aromatic carbocycles. The van der Waals surface area contributed by atoms with Gasteiger partial charge in [0.25, 0.3) is 0 Å². The van der Waals surface area contributed by atoms with Crippen LogP contribution in [0.15, 0.2) is 58.9 Å². The second-order valence-corrected chi connectivity index (χ2v) is 7.16. The highest BCUT2D eigenvalue weighted by Gasteiger charge is 2.13. The van der Waals surface area contributed by atoms with Crippen molar-refractivity contribution < 1.29 is 9.47 Å². The summed E-state index contributed by atoms with van der Waals surface area (Å²) in [6.07, 6.45) is 0.867. The van der Waals surface area contributed by atoms with Gasteiger partial charge in [0.05, 0.1) is 12.2 Å². The van der Waals surface area contributed by atoms with E-state index in [4.69, 9.17) is 14.5 Å². The van der Waals surface area contributed by atoms with E-state index in [2.05, 4.69) is 39.2 Å². The van der Waals surface area contributed by atoms with Crippen molar-refractivity contribution in [2.45, 2.75) is 13.0 Å². The molecule has 0 amide bonds. The van der Waals surface area contributed by atoms with Gasteiger partial charge < -0.3 is 20.1 Å². The normalized spacial score (nSPS) is 12.8. The van der Waals surface area contributed by atoms with Crippen molar-refractivity contribution in [2.24, 2.45) is 4.99 Å². The Balaban J connectivity index is 1.26. The van der Waals surface area contributed by atoms with Gasteiger partial charge in [0.15, 0.2) is 17.5 Å². The highest BCUT2D eigenvalue weighted by molar-refractivity contribution is 7.13. The average Bonchev–Trinajstić information content (AvgIpc) is 3.40. The summed E-state index contributed by atoms with van der Waals surface area (Å²) >= 11 is 1.65. The van der Waals surface area contributed by atoms with Crippen LogP contribution in [0.2, 0.25) is 0 Å². The molecule has 2 heterocycles. The van der Waals surface area contributed by atoms with E-state index in [1.807, 2.05) is 30.3 Å². The Hall–Kier alpha value is -3.06. The molecule has 3 aromatic rings. The molecule has 0 aliphatic carbocycles. The van der Waals surface area contributed by atoms with Gasteiger partial charge in [-0.05, 0) is 24.1 Å². The number of hydrogen-bond acceptors (Lipinski definition) is 5. The third-order valence-electron chi connectivity index (χ3n) is 4.38. The minimum atomic E-state index is 0.302. The smallest absolute Gasteiger partial charge is 0.231 e. The molecule has 0 saturated carbocycles. The Kier molecular flexibility index (Phi) is 5.72. The number of thiazole rings is 1. The predicted octanol–water partition coefficient (Wildman–Crippen LogP) is 3.45. The number of guanidine groups is 1. The number of rotatable bonds is 6. The summed E-state index contributed by atoms with van der Waals surface area (Å²) in [6, 6.07) is 16.3. The monoisotopic (exact) mass is 394 g/mol. The Labute approximate surface area is 168 Å². The molecule has 144 valence electrons. The van der Waals surface area contributed by atoms with E-state index in [-0.39, 0.29) is 0 Å². The van der Waals surface area contributed by atoms with Gasteiger partial charge in [0.2, 0.25) is 6.79 Å². The summed E-state index contributed by atoms with van der Waals surface area (Å²) in [6.45, 7) is 1.70. The van der Waals surface area contributed by atoms with Crippen LogP contribution in [-0.4, -0.2) is 31.3 Å². The molecule has 0 unspecified atom stereocenters. The van der Waals surface area contributed by atoms with Crippen LogP contribution in [0.3, 0.4) is 0 Å². The Morgan fingerprint density at radius 3 is 2.82 bits per heavy atom. The molecular weight excluding hydrogens is 372 g/mol. The largest absolute Gasteiger partial charge is 0.454 e. The molecule has 0 radical (unpaired) electrons. The number of aromatic nitrogens is 1. The fourth-order valence-corrected chi connectivity index (χ4v) is 3.74. The van der Waals surface area contributed by atoms with Crippen molar-refractivity contribution in [1.82, 2.24) is 15.6 Å². The topological polar surface area (TPSA) is 67.8 Å². The van der Waals surface area contributed by atoms with Crippen LogP contribution in [0.5, 0.6) is 11.5 Å². The highest BCUT2D eigenvalue weighted by atomic mass is 32.1. The predicted molar refractivity (Wildman–Crippen MR) is 112 cm³/mol. The lowest BCUT2D eigenvalue weighted by Crippen LogP contribution is -2.37. The molecule has 1 aliphatic rings. The Bertz CT molecular complexity index is 956. The zero-order valence-corrected chi connectivity index (χ0v) is 16.5. The first kappa shape index (κ1) is 18.3. The average molecular weight is 395 g/mol. The number of ether oxygens (including phenoxy) is 2. The van der Waals surface area contributed by atoms with Gasteiger partial charge in [-0.15, -0.1) is 11.3 Å². The zero-order valence-electron chi connectivity index (χ0n) is 15.6. The molecule has 2 N–H and O–H groups in total. The zero-order chi connectivity index (χ0) is 19.2. The molecule has 0 bridgehead atoms. The van der Waals surface area contributed by atoms with Crippen molar-refractivity contribution in [3.8, 4) is 22.1 Å². The van der Waals surface area contributed by atoms with Crippen molar-refractivity contribution in [3.63, 3.8) is 0 Å². The lowest BCUT2D eigenvalue weighted by Gasteiger charge is -2.11. The van der Waals surface area contributed by atoms with Crippen LogP contribution in [0, 0.1) is 0 Å². The summed E-state index contributed by atoms with van der Waals surface area (Å²) in [7, 11) is 1.77. The second kappa shape index (κ2) is 8.75. The first-order valence-electron chi connectivity index (χ1n) is 9.15. The molecular formula is C21H22N4O2S. The summed E-state index contributed by atoms with van der Waals surface area (Å²) in [5.74, 6) is 2.39. The lowest BCUT2D eigenvalue weighted by atomic mass is 10.1. The summed E-state index contributed by atoms with van der Waals surface area (Å²) in [5.41, 5.74) is 3.34. The fourth-order valence-electron chi connectivity index (χ4n) is 2.92. The SMILES string of the molecule is CN=C(NCCc1ccc2c(c1)OCO2)NCc1csc(-c2ccccc2)n1. The van der Waals surface area contributed by atoms with Gasteiger partial charge in [-0.2, -0.15) is 0 Å². The van der Waals surface area contributed by atoms with Gasteiger partial charge in [0, 0.05) is 24.5 Å². The van der Waals surface area contributed by atoms with Gasteiger partial charge >= 0.3 is 0 Å². The molecule has 7 heteroatoms. The Morgan fingerprint density at radius 1 is 1.11 bits per heavy atom. The number of nitrogens with zero attached hydrogens (tertiary/aromatic N) is 2. The van der Waals surface area contributed by atoms with Gasteiger partial charge in [-0.1, -0.05) is 36.4 Å². The molecule has 0 fully saturated rings. The second-order valence-electron chi connectivity index (χ2n) is 6.30. The molecule has 0 saturated heterocycles. The molecule has 28 heavy (non-hydrogen) atoms. The van der Waals surface area contributed by atoms with E-state index in [0.29, 0.717) is 13.3 Å². The third kappa shape index (κ3) is 4.43. The van der Waals surface area contributed by atoms with Crippen LogP contribution in [0.25, 0.3) is 10.6 Å². The molecule has 1 aromatic heterocycles. The summed E-state index contributed by atoms with van der Waals surface area (Å²) < 4.78 is 10.8. The van der Waals surface area contributed by atoms with Gasteiger partial charge in [-0.25, -0.2) is 4.98 Å². The van der Waals surface area contributed by atoms with Gasteiger partial charge in [-0.3, -0.25) is 4.99 Å². The number of aliphatic imine (C=N–C) groups is 1. The third-order valence-corrected chi connectivity index (χ3v) is 5.32. The molecule has 0 spiro atoms. The molecule has 1 aliphatic heterocycles. The maximum Gasteiger partial charge on any atom is 0.231 e. The fraction of sp³-hybridized carbons (Fsp3) is 0.238. The van der Waals surface area contributed by atoms with E-state index in [9.17, 15) is 0 Å². The number of benzene rings is 2. The standard InChI is InChI=1S/C21H22N4O2S/c1-22-21(23-10-9-15-7-8-18-19(11-15)27-14-26-18)24-12-17-13-28-20(25-17)16-5-3-2-4-6-16/h2-8,11,13H,9-10,12,14H2,1H3,(H2,22,23,24). The van der Waals surface area contributed by atoms with Crippen molar-refractivity contribution in [1.29, 1.82) is 0 Å². The number of hydrogen-bond donors (Lipinski definition) is 2. The van der Waals surface area contributed by atoms with E-state index in [1.165, 1.54) is 5.56 Å². The summed E-state index contributed by atoms with van der Waals surface area (Å²) in [5, 5.41) is 9.76. The van der Waals surface area contributed by atoms with Gasteiger partial charge in [0.1, 0.15) is 5.01 Å². The number of nitrogens with one attached hydrogen (secondary N) is 2. The van der Waals surface area contributed by atoms with Crippen molar-refractivity contribution >= 4 is 17.3 Å². The first-order valence-corrected chi connectivity index (χ1v) is 10.0. The maximum atomic E-state index is 5.42. The number of fused-ring (bicyclic) bond motifs is 1. The Morgan fingerprint density at radius 2 is 1.96 bits per heavy atom. The van der Waals surface area contributed by atoms with E-state index in [1.54, 1.807) is 18.4 Å². The lowest BCUT2D eigenvalue weighted by molar-refractivity contribution is 0.174. The van der Waals surface area contributed by atoms with Crippen LogP contribution in [-0.2, 0) is 13.0 Å². The van der Waals surface area contributed by atoms with Crippen LogP contribution >= 0.6 is 11.3 Å². The van der Waals surface area contributed by atoms with E-state index < -0.39 is 0 Å².